The lowest BCUT2D eigenvalue weighted by molar-refractivity contribution is 0.0973. The van der Waals surface area contributed by atoms with Crippen LogP contribution in [-0.2, 0) is 0 Å². The van der Waals surface area contributed by atoms with Crippen LogP contribution in [0.15, 0.2) is 42.5 Å². The summed E-state index contributed by atoms with van der Waals surface area (Å²) in [6.45, 7) is 0. The van der Waals surface area contributed by atoms with Crippen LogP contribution in [-0.4, -0.2) is 5.78 Å². The molecule has 0 N–H and O–H groups in total. The second-order valence-electron chi connectivity index (χ2n) is 4.05. The summed E-state index contributed by atoms with van der Waals surface area (Å²) < 4.78 is 27.5. The SMILES string of the molecule is N#CC(C(=O)c1ccccc1F)c1cccc(Cl)c1F. The lowest BCUT2D eigenvalue weighted by Gasteiger charge is -2.11. The maximum atomic E-state index is 13.9. The highest BCUT2D eigenvalue weighted by Gasteiger charge is 2.27. The van der Waals surface area contributed by atoms with Crippen molar-refractivity contribution in [2.45, 2.75) is 5.92 Å². The van der Waals surface area contributed by atoms with Crippen molar-refractivity contribution in [3.8, 4) is 6.07 Å². The lowest BCUT2D eigenvalue weighted by Crippen LogP contribution is -2.14. The summed E-state index contributed by atoms with van der Waals surface area (Å²) >= 11 is 5.63. The minimum atomic E-state index is -1.44. The summed E-state index contributed by atoms with van der Waals surface area (Å²) in [6, 6.07) is 11.0. The number of halogens is 3. The Balaban J connectivity index is 2.49. The molecular formula is C15H8ClF2NO. The van der Waals surface area contributed by atoms with Crippen LogP contribution in [0.3, 0.4) is 0 Å². The zero-order valence-electron chi connectivity index (χ0n) is 10.1. The van der Waals surface area contributed by atoms with E-state index in [0.717, 1.165) is 6.07 Å². The Bertz CT molecular complexity index is 709. The van der Waals surface area contributed by atoms with Gasteiger partial charge in [-0.1, -0.05) is 35.9 Å². The fraction of sp³-hybridized carbons (Fsp3) is 0.0667. The molecule has 2 aromatic carbocycles. The molecule has 0 spiro atoms. The van der Waals surface area contributed by atoms with Crippen LogP contribution < -0.4 is 0 Å². The van der Waals surface area contributed by atoms with Crippen molar-refractivity contribution in [1.29, 1.82) is 5.26 Å². The summed E-state index contributed by atoms with van der Waals surface area (Å²) in [5.74, 6) is -3.83. The molecule has 2 nitrogen and oxygen atoms in total. The molecule has 0 aliphatic carbocycles. The highest BCUT2D eigenvalue weighted by molar-refractivity contribution is 6.30. The summed E-state index contributed by atoms with van der Waals surface area (Å²) in [5, 5.41) is 8.92. The quantitative estimate of drug-likeness (QED) is 0.799. The van der Waals surface area contributed by atoms with E-state index in [-0.39, 0.29) is 16.1 Å². The van der Waals surface area contributed by atoms with Crippen molar-refractivity contribution in [2.75, 3.05) is 0 Å². The number of hydrogen-bond acceptors (Lipinski definition) is 2. The Kier molecular flexibility index (Phi) is 4.11. The number of carbonyl (C=O) groups is 1. The van der Waals surface area contributed by atoms with Crippen molar-refractivity contribution >= 4 is 17.4 Å². The first-order chi connectivity index (χ1) is 9.56. The van der Waals surface area contributed by atoms with Gasteiger partial charge in [-0.3, -0.25) is 4.79 Å². The van der Waals surface area contributed by atoms with E-state index in [9.17, 15) is 13.6 Å². The Morgan fingerprint density at radius 1 is 1.15 bits per heavy atom. The maximum absolute atomic E-state index is 13.9. The number of nitriles is 1. The number of nitrogens with zero attached hydrogens (tertiary/aromatic N) is 1. The molecule has 0 bridgehead atoms. The molecule has 0 amide bonds. The van der Waals surface area contributed by atoms with E-state index < -0.39 is 23.3 Å². The molecular weight excluding hydrogens is 284 g/mol. The Labute approximate surface area is 119 Å². The van der Waals surface area contributed by atoms with Crippen LogP contribution in [0.5, 0.6) is 0 Å². The number of benzene rings is 2. The molecule has 0 heterocycles. The van der Waals surface area contributed by atoms with Gasteiger partial charge in [0.05, 0.1) is 16.7 Å². The number of rotatable bonds is 3. The first kappa shape index (κ1) is 14.2. The van der Waals surface area contributed by atoms with Gasteiger partial charge in [-0.05, 0) is 18.2 Å². The highest BCUT2D eigenvalue weighted by atomic mass is 35.5. The third-order valence-corrected chi connectivity index (χ3v) is 3.11. The van der Waals surface area contributed by atoms with Gasteiger partial charge in [0, 0.05) is 5.56 Å². The van der Waals surface area contributed by atoms with Crippen LogP contribution in [0.1, 0.15) is 21.8 Å². The standard InChI is InChI=1S/C15H8ClF2NO/c16-12-6-3-5-9(14(12)18)11(8-19)15(20)10-4-1-2-7-13(10)17/h1-7,11H. The van der Waals surface area contributed by atoms with E-state index in [0.29, 0.717) is 0 Å². The number of ketones is 1. The zero-order valence-corrected chi connectivity index (χ0v) is 10.9. The summed E-state index contributed by atoms with van der Waals surface area (Å²) in [7, 11) is 0. The molecule has 20 heavy (non-hydrogen) atoms. The Hall–Kier alpha value is -2.25. The van der Waals surface area contributed by atoms with Gasteiger partial charge in [0.2, 0.25) is 0 Å². The fourth-order valence-corrected chi connectivity index (χ4v) is 2.01. The molecule has 0 saturated heterocycles. The predicted octanol–water partition coefficient (Wildman–Crippen LogP) is 4.11. The van der Waals surface area contributed by atoms with E-state index in [2.05, 4.69) is 0 Å². The molecule has 0 fully saturated rings. The molecule has 0 aromatic heterocycles. The molecule has 0 aliphatic heterocycles. The Morgan fingerprint density at radius 2 is 1.85 bits per heavy atom. The number of carbonyl (C=O) groups excluding carboxylic acids is 1. The van der Waals surface area contributed by atoms with E-state index >= 15 is 0 Å². The average Bonchev–Trinajstić information content (AvgIpc) is 2.44. The van der Waals surface area contributed by atoms with Crippen molar-refractivity contribution in [2.24, 2.45) is 0 Å². The highest BCUT2D eigenvalue weighted by Crippen LogP contribution is 2.27. The minimum absolute atomic E-state index is 0.159. The molecule has 100 valence electrons. The summed E-state index contributed by atoms with van der Waals surface area (Å²) in [5.41, 5.74) is -0.410. The van der Waals surface area contributed by atoms with Crippen molar-refractivity contribution < 1.29 is 13.6 Å². The van der Waals surface area contributed by atoms with Crippen molar-refractivity contribution in [3.63, 3.8) is 0 Å². The number of hydrogen-bond donors (Lipinski definition) is 0. The van der Waals surface area contributed by atoms with Crippen molar-refractivity contribution in [3.05, 3.63) is 70.2 Å². The lowest BCUT2D eigenvalue weighted by atomic mass is 9.91. The second kappa shape index (κ2) is 5.81. The van der Waals surface area contributed by atoms with Crippen LogP contribution in [0, 0.1) is 23.0 Å². The summed E-state index contributed by atoms with van der Waals surface area (Å²) in [4.78, 5) is 12.2. The van der Waals surface area contributed by atoms with Crippen LogP contribution >= 0.6 is 11.6 Å². The molecule has 5 heteroatoms. The Morgan fingerprint density at radius 3 is 2.50 bits per heavy atom. The zero-order chi connectivity index (χ0) is 14.7. The van der Waals surface area contributed by atoms with Gasteiger partial charge in [0.1, 0.15) is 17.6 Å². The first-order valence-corrected chi connectivity index (χ1v) is 6.06. The predicted molar refractivity (Wildman–Crippen MR) is 70.5 cm³/mol. The van der Waals surface area contributed by atoms with Gasteiger partial charge < -0.3 is 0 Å². The molecule has 0 radical (unpaired) electrons. The third kappa shape index (κ3) is 2.54. The smallest absolute Gasteiger partial charge is 0.187 e. The maximum Gasteiger partial charge on any atom is 0.187 e. The van der Waals surface area contributed by atoms with Gasteiger partial charge in [-0.15, -0.1) is 0 Å². The van der Waals surface area contributed by atoms with Gasteiger partial charge in [-0.2, -0.15) is 5.26 Å². The van der Waals surface area contributed by atoms with Crippen LogP contribution in [0.25, 0.3) is 0 Å². The fourth-order valence-electron chi connectivity index (χ4n) is 1.83. The van der Waals surface area contributed by atoms with Gasteiger partial charge >= 0.3 is 0 Å². The van der Waals surface area contributed by atoms with Crippen LogP contribution in [0.4, 0.5) is 8.78 Å². The van der Waals surface area contributed by atoms with E-state index in [4.69, 9.17) is 16.9 Å². The average molecular weight is 292 g/mol. The molecule has 1 unspecified atom stereocenters. The van der Waals surface area contributed by atoms with Crippen molar-refractivity contribution in [1.82, 2.24) is 0 Å². The molecule has 2 rings (SSSR count). The summed E-state index contributed by atoms with van der Waals surface area (Å²) in [6.07, 6.45) is 0. The topological polar surface area (TPSA) is 40.9 Å². The molecule has 0 saturated carbocycles. The minimum Gasteiger partial charge on any atom is -0.292 e. The first-order valence-electron chi connectivity index (χ1n) is 5.68. The third-order valence-electron chi connectivity index (χ3n) is 2.82. The van der Waals surface area contributed by atoms with Gasteiger partial charge in [0.15, 0.2) is 5.78 Å². The normalized spacial score (nSPS) is 11.7. The van der Waals surface area contributed by atoms with Crippen LogP contribution in [0.2, 0.25) is 5.02 Å². The monoisotopic (exact) mass is 291 g/mol. The molecule has 1 atom stereocenters. The molecule has 2 aromatic rings. The largest absolute Gasteiger partial charge is 0.292 e. The molecule has 0 aliphatic rings. The van der Waals surface area contributed by atoms with Gasteiger partial charge in [0.25, 0.3) is 0 Å². The number of Topliss-reactive ketones (excluding diaryl/α,β-unsaturated/α-hetero) is 1. The van der Waals surface area contributed by atoms with Gasteiger partial charge in [-0.25, -0.2) is 8.78 Å². The van der Waals surface area contributed by atoms with E-state index in [1.54, 1.807) is 6.07 Å². The van der Waals surface area contributed by atoms with E-state index in [1.165, 1.54) is 36.4 Å². The second-order valence-corrected chi connectivity index (χ2v) is 4.46. The van der Waals surface area contributed by atoms with E-state index in [1.807, 2.05) is 0 Å².